The maximum Gasteiger partial charge on any atom is 0.192 e. The van der Waals surface area contributed by atoms with Crippen LogP contribution in [0.15, 0.2) is 30.3 Å². The van der Waals surface area contributed by atoms with Crippen LogP contribution in [0, 0.1) is 17.3 Å². The molecule has 1 N–H and O–H groups in total. The summed E-state index contributed by atoms with van der Waals surface area (Å²) in [6, 6.07) is 10.2. The number of aliphatic hydroxyl groups excluding tert-OH is 1. The molecule has 0 aliphatic heterocycles. The van der Waals surface area contributed by atoms with Gasteiger partial charge in [0.15, 0.2) is 8.32 Å². The maximum absolute atomic E-state index is 13.2. The maximum atomic E-state index is 13.2. The average molecular weight is 465 g/mol. The van der Waals surface area contributed by atoms with Crippen LogP contribution < -0.4 is 0 Å². The van der Waals surface area contributed by atoms with Crippen molar-refractivity contribution in [2.24, 2.45) is 17.3 Å². The van der Waals surface area contributed by atoms with Crippen LogP contribution in [0.25, 0.3) is 0 Å². The van der Waals surface area contributed by atoms with E-state index in [1.165, 1.54) is 5.56 Å². The molecule has 0 saturated heterocycles. The zero-order valence-corrected chi connectivity index (χ0v) is 23.0. The summed E-state index contributed by atoms with van der Waals surface area (Å²) in [5.41, 5.74) is 0.446. The van der Waals surface area contributed by atoms with Gasteiger partial charge in [-0.2, -0.15) is 0 Å². The van der Waals surface area contributed by atoms with Gasteiger partial charge < -0.3 is 14.3 Å². The highest BCUT2D eigenvalue weighted by Gasteiger charge is 2.44. The van der Waals surface area contributed by atoms with Crippen molar-refractivity contribution in [3.8, 4) is 0 Å². The zero-order valence-electron chi connectivity index (χ0n) is 22.0. The Hall–Kier alpha value is -1.01. The largest absolute Gasteiger partial charge is 0.413 e. The molecular formula is C27H48O4Si. The van der Waals surface area contributed by atoms with Gasteiger partial charge in [0.2, 0.25) is 0 Å². The first-order valence-electron chi connectivity index (χ1n) is 12.2. The third kappa shape index (κ3) is 8.73. The first-order valence-corrected chi connectivity index (χ1v) is 15.1. The minimum Gasteiger partial charge on any atom is -0.413 e. The monoisotopic (exact) mass is 464 g/mol. The molecule has 32 heavy (non-hydrogen) atoms. The number of hydrogen-bond acceptors (Lipinski definition) is 4. The summed E-state index contributed by atoms with van der Waals surface area (Å²) in [7, 11) is -2.05. The molecule has 0 saturated carbocycles. The highest BCUT2D eigenvalue weighted by atomic mass is 28.4. The summed E-state index contributed by atoms with van der Waals surface area (Å²) >= 11 is 0. The summed E-state index contributed by atoms with van der Waals surface area (Å²) in [4.78, 5) is 13.2. The Bertz CT molecular complexity index is 679. The van der Waals surface area contributed by atoms with Crippen LogP contribution in [-0.4, -0.2) is 38.5 Å². The molecular weight excluding hydrogens is 416 g/mol. The Morgan fingerprint density at radius 1 is 1.03 bits per heavy atom. The molecule has 4 nitrogen and oxygen atoms in total. The van der Waals surface area contributed by atoms with E-state index >= 15 is 0 Å². The van der Waals surface area contributed by atoms with E-state index in [1.54, 1.807) is 0 Å². The topological polar surface area (TPSA) is 55.8 Å². The van der Waals surface area contributed by atoms with E-state index in [9.17, 15) is 9.90 Å². The fraction of sp³-hybridized carbons (Fsp3) is 0.741. The van der Waals surface area contributed by atoms with Crippen LogP contribution >= 0.6 is 0 Å². The van der Waals surface area contributed by atoms with Crippen molar-refractivity contribution in [1.82, 2.24) is 0 Å². The number of carbonyl (C=O) groups is 1. The minimum absolute atomic E-state index is 0.0749. The van der Waals surface area contributed by atoms with Crippen molar-refractivity contribution in [3.63, 3.8) is 0 Å². The molecule has 0 aromatic heterocycles. The second kappa shape index (κ2) is 12.4. The molecule has 5 heteroatoms. The molecule has 0 aliphatic carbocycles. The molecule has 0 unspecified atom stereocenters. The lowest BCUT2D eigenvalue weighted by molar-refractivity contribution is -0.137. The van der Waals surface area contributed by atoms with Crippen LogP contribution in [-0.2, 0) is 20.6 Å². The van der Waals surface area contributed by atoms with E-state index in [-0.39, 0.29) is 35.4 Å². The number of carbonyl (C=O) groups excluding carboxylic acids is 1. The van der Waals surface area contributed by atoms with Crippen molar-refractivity contribution >= 4 is 14.1 Å². The van der Waals surface area contributed by atoms with Gasteiger partial charge in [-0.15, -0.1) is 0 Å². The first kappa shape index (κ1) is 29.0. The SMILES string of the molecule is C[C@@H](CCCCOCc1ccccc1)[C@H](O[Si](C)(C)C(C)(C)C)[C@@H](C)C(=O)C(C)(C)CO. The lowest BCUT2D eigenvalue weighted by atomic mass is 9.77. The van der Waals surface area contributed by atoms with Crippen molar-refractivity contribution < 1.29 is 19.1 Å². The second-order valence-electron chi connectivity index (χ2n) is 11.5. The third-order valence-electron chi connectivity index (χ3n) is 7.08. The third-order valence-corrected chi connectivity index (χ3v) is 11.5. The highest BCUT2D eigenvalue weighted by Crippen LogP contribution is 2.40. The van der Waals surface area contributed by atoms with Gasteiger partial charge in [-0.25, -0.2) is 0 Å². The van der Waals surface area contributed by atoms with E-state index in [0.29, 0.717) is 6.61 Å². The lowest BCUT2D eigenvalue weighted by Crippen LogP contribution is -2.50. The number of Topliss-reactive ketones (excluding diaryl/α,β-unsaturated/α-hetero) is 1. The van der Waals surface area contributed by atoms with Gasteiger partial charge in [0, 0.05) is 17.9 Å². The van der Waals surface area contributed by atoms with E-state index < -0.39 is 13.7 Å². The molecule has 0 aliphatic rings. The van der Waals surface area contributed by atoms with Crippen molar-refractivity contribution in [1.29, 1.82) is 0 Å². The van der Waals surface area contributed by atoms with Crippen molar-refractivity contribution in [3.05, 3.63) is 35.9 Å². The number of benzene rings is 1. The average Bonchev–Trinajstić information content (AvgIpc) is 2.73. The second-order valence-corrected chi connectivity index (χ2v) is 16.3. The predicted octanol–water partition coefficient (Wildman–Crippen LogP) is 6.62. The molecule has 1 rings (SSSR count). The fourth-order valence-corrected chi connectivity index (χ4v) is 5.14. The highest BCUT2D eigenvalue weighted by molar-refractivity contribution is 6.74. The molecule has 0 fully saturated rings. The first-order chi connectivity index (χ1) is 14.7. The van der Waals surface area contributed by atoms with Gasteiger partial charge in [0.05, 0.1) is 19.3 Å². The minimum atomic E-state index is -2.05. The Kier molecular flexibility index (Phi) is 11.3. The molecule has 0 bridgehead atoms. The Balaban J connectivity index is 2.72. The molecule has 0 heterocycles. The van der Waals surface area contributed by atoms with Gasteiger partial charge in [-0.3, -0.25) is 4.79 Å². The van der Waals surface area contributed by atoms with Gasteiger partial charge in [0.25, 0.3) is 0 Å². The number of unbranched alkanes of at least 4 members (excludes halogenated alkanes) is 1. The molecule has 3 atom stereocenters. The van der Waals surface area contributed by atoms with Crippen LogP contribution in [0.1, 0.15) is 73.3 Å². The van der Waals surface area contributed by atoms with Crippen molar-refractivity contribution in [2.75, 3.05) is 13.2 Å². The smallest absolute Gasteiger partial charge is 0.192 e. The van der Waals surface area contributed by atoms with Gasteiger partial charge in [0.1, 0.15) is 5.78 Å². The van der Waals surface area contributed by atoms with E-state index in [4.69, 9.17) is 9.16 Å². The summed E-state index contributed by atoms with van der Waals surface area (Å²) in [5.74, 6) is 0.0871. The Morgan fingerprint density at radius 2 is 1.62 bits per heavy atom. The molecule has 0 amide bonds. The molecule has 1 aromatic carbocycles. The molecule has 0 spiro atoms. The Morgan fingerprint density at radius 3 is 2.16 bits per heavy atom. The zero-order chi connectivity index (χ0) is 24.6. The normalized spacial score (nSPS) is 15.9. The summed E-state index contributed by atoms with van der Waals surface area (Å²) in [6.45, 7) is 20.3. The van der Waals surface area contributed by atoms with Gasteiger partial charge in [-0.05, 0) is 42.5 Å². The molecule has 0 radical (unpaired) electrons. The van der Waals surface area contributed by atoms with Crippen molar-refractivity contribution in [2.45, 2.75) is 98.6 Å². The Labute approximate surface area is 198 Å². The number of rotatable bonds is 14. The van der Waals surface area contributed by atoms with Crippen LogP contribution in [0.4, 0.5) is 0 Å². The van der Waals surface area contributed by atoms with E-state index in [2.05, 4.69) is 52.9 Å². The van der Waals surface area contributed by atoms with E-state index in [1.807, 2.05) is 39.0 Å². The van der Waals surface area contributed by atoms with Gasteiger partial charge >= 0.3 is 0 Å². The standard InChI is InChI=1S/C27H48O4Si/c1-21(15-13-14-18-30-19-23-16-11-10-12-17-23)24(31-32(8,9)26(3,4)5)22(2)25(29)27(6,7)20-28/h10-12,16-17,21-22,24,28H,13-15,18-20H2,1-9H3/t21-,22+,24-/m0/s1. The van der Waals surface area contributed by atoms with E-state index in [0.717, 1.165) is 25.9 Å². The van der Waals surface area contributed by atoms with Crippen LogP contribution in [0.5, 0.6) is 0 Å². The number of ether oxygens (including phenoxy) is 1. The van der Waals surface area contributed by atoms with Crippen LogP contribution in [0.3, 0.4) is 0 Å². The summed E-state index contributed by atoms with van der Waals surface area (Å²) < 4.78 is 12.7. The van der Waals surface area contributed by atoms with Gasteiger partial charge in [-0.1, -0.05) is 85.2 Å². The summed E-state index contributed by atoms with van der Waals surface area (Å²) in [6.07, 6.45) is 2.89. The predicted molar refractivity (Wildman–Crippen MR) is 136 cm³/mol. The lowest BCUT2D eigenvalue weighted by Gasteiger charge is -2.43. The number of aliphatic hydroxyl groups is 1. The number of hydrogen-bond donors (Lipinski definition) is 1. The fourth-order valence-electron chi connectivity index (χ4n) is 3.67. The van der Waals surface area contributed by atoms with Crippen LogP contribution in [0.2, 0.25) is 18.1 Å². The summed E-state index contributed by atoms with van der Waals surface area (Å²) in [5, 5.41) is 9.81. The molecule has 1 aromatic rings. The quantitative estimate of drug-likeness (QED) is 0.248. The number of ketones is 1. The molecule has 184 valence electrons.